The number of ether oxygens (including phenoxy) is 1. The van der Waals surface area contributed by atoms with Gasteiger partial charge in [-0.05, 0) is 52.5 Å². The molecule has 0 aliphatic carbocycles. The van der Waals surface area contributed by atoms with Gasteiger partial charge < -0.3 is 9.64 Å². The van der Waals surface area contributed by atoms with Crippen molar-refractivity contribution in [1.29, 1.82) is 0 Å². The second-order valence-corrected chi connectivity index (χ2v) is 9.38. The minimum atomic E-state index is -0.0180. The number of likely N-dealkylation sites (tertiary alicyclic amines) is 1. The molecule has 3 unspecified atom stereocenters. The van der Waals surface area contributed by atoms with E-state index in [1.807, 2.05) is 6.92 Å². The third-order valence-corrected chi connectivity index (χ3v) is 7.62. The predicted molar refractivity (Wildman–Crippen MR) is 118 cm³/mol. The van der Waals surface area contributed by atoms with E-state index in [0.717, 1.165) is 69.2 Å². The lowest BCUT2D eigenvalue weighted by molar-refractivity contribution is -0.140. The van der Waals surface area contributed by atoms with Crippen molar-refractivity contribution in [3.05, 3.63) is 16.1 Å². The van der Waals surface area contributed by atoms with Crippen molar-refractivity contribution in [2.24, 2.45) is 0 Å². The number of methoxy groups -OCH3 is 1. The van der Waals surface area contributed by atoms with Crippen LogP contribution >= 0.6 is 11.3 Å². The molecule has 7 heteroatoms. The number of rotatable bonds is 7. The summed E-state index contributed by atoms with van der Waals surface area (Å²) in [6, 6.07) is 0.422. The Bertz CT molecular complexity index is 653. The third kappa shape index (κ3) is 5.78. The highest BCUT2D eigenvalue weighted by Gasteiger charge is 2.32. The van der Waals surface area contributed by atoms with Crippen LogP contribution in [-0.4, -0.2) is 77.5 Å². The van der Waals surface area contributed by atoms with E-state index in [1.54, 1.807) is 18.4 Å². The molecule has 6 nitrogen and oxygen atoms in total. The summed E-state index contributed by atoms with van der Waals surface area (Å²) in [5.74, 6) is 0.336. The average Bonchev–Trinajstić information content (AvgIpc) is 3.10. The van der Waals surface area contributed by atoms with Crippen molar-refractivity contribution in [3.63, 3.8) is 0 Å². The Morgan fingerprint density at radius 3 is 2.79 bits per heavy atom. The van der Waals surface area contributed by atoms with Crippen LogP contribution in [0.25, 0.3) is 0 Å². The van der Waals surface area contributed by atoms with Gasteiger partial charge >= 0.3 is 0 Å². The van der Waals surface area contributed by atoms with E-state index in [2.05, 4.69) is 33.9 Å². The van der Waals surface area contributed by atoms with Crippen molar-refractivity contribution < 1.29 is 9.53 Å². The van der Waals surface area contributed by atoms with Crippen LogP contribution in [-0.2, 0) is 16.1 Å². The van der Waals surface area contributed by atoms with Gasteiger partial charge in [-0.25, -0.2) is 4.98 Å². The van der Waals surface area contributed by atoms with Crippen LogP contribution in [0.5, 0.6) is 0 Å². The summed E-state index contributed by atoms with van der Waals surface area (Å²) in [5.41, 5.74) is 1.13. The van der Waals surface area contributed by atoms with Crippen LogP contribution in [0.4, 0.5) is 0 Å². The van der Waals surface area contributed by atoms with Gasteiger partial charge in [0, 0.05) is 51.3 Å². The maximum absolute atomic E-state index is 13.2. The highest BCUT2D eigenvalue weighted by molar-refractivity contribution is 7.09. The van der Waals surface area contributed by atoms with E-state index in [4.69, 9.17) is 9.72 Å². The first-order valence-corrected chi connectivity index (χ1v) is 12.2. The molecule has 2 aliphatic rings. The molecule has 29 heavy (non-hydrogen) atoms. The standard InChI is InChI=1S/C22H38N4O2S/c1-5-20-9-6-7-12-26(20)22(27)17(2)25-11-8-10-24(13-14-25)15-19-16-29-21(23-19)18(3)28-4/h16-18,20H,5-15H2,1-4H3. The Hall–Kier alpha value is -1.02. The molecule has 2 fully saturated rings. The molecule has 0 radical (unpaired) electrons. The Morgan fingerprint density at radius 2 is 2.03 bits per heavy atom. The van der Waals surface area contributed by atoms with Crippen molar-refractivity contribution in [3.8, 4) is 0 Å². The fourth-order valence-corrected chi connectivity index (χ4v) is 5.40. The van der Waals surface area contributed by atoms with E-state index in [-0.39, 0.29) is 12.1 Å². The molecule has 0 aromatic carbocycles. The monoisotopic (exact) mass is 422 g/mol. The minimum absolute atomic E-state index is 0.0180. The van der Waals surface area contributed by atoms with Gasteiger partial charge in [0.2, 0.25) is 5.91 Å². The van der Waals surface area contributed by atoms with E-state index < -0.39 is 0 Å². The molecule has 0 saturated carbocycles. The summed E-state index contributed by atoms with van der Waals surface area (Å²) in [4.78, 5) is 25.0. The fourth-order valence-electron chi connectivity index (χ4n) is 4.56. The number of hydrogen-bond acceptors (Lipinski definition) is 6. The predicted octanol–water partition coefficient (Wildman–Crippen LogP) is 3.54. The fraction of sp³-hybridized carbons (Fsp3) is 0.818. The van der Waals surface area contributed by atoms with E-state index in [0.29, 0.717) is 11.9 Å². The zero-order valence-electron chi connectivity index (χ0n) is 18.6. The number of hydrogen-bond donors (Lipinski definition) is 0. The van der Waals surface area contributed by atoms with Crippen LogP contribution in [0.2, 0.25) is 0 Å². The molecule has 0 bridgehead atoms. The van der Waals surface area contributed by atoms with Crippen LogP contribution < -0.4 is 0 Å². The highest BCUT2D eigenvalue weighted by atomic mass is 32.1. The molecule has 3 rings (SSSR count). The lowest BCUT2D eigenvalue weighted by Gasteiger charge is -2.39. The lowest BCUT2D eigenvalue weighted by atomic mass is 9.99. The van der Waals surface area contributed by atoms with Crippen LogP contribution in [0.3, 0.4) is 0 Å². The number of thiazole rings is 1. The van der Waals surface area contributed by atoms with Gasteiger partial charge in [-0.15, -0.1) is 11.3 Å². The Balaban J connectivity index is 1.53. The number of carbonyl (C=O) groups is 1. The molecule has 164 valence electrons. The first-order chi connectivity index (χ1) is 14.0. The van der Waals surface area contributed by atoms with Gasteiger partial charge in [0.1, 0.15) is 11.1 Å². The first-order valence-electron chi connectivity index (χ1n) is 11.3. The summed E-state index contributed by atoms with van der Waals surface area (Å²) >= 11 is 1.68. The Morgan fingerprint density at radius 1 is 1.21 bits per heavy atom. The van der Waals surface area contributed by atoms with Gasteiger partial charge in [-0.3, -0.25) is 14.6 Å². The van der Waals surface area contributed by atoms with Crippen molar-refractivity contribution in [2.45, 2.75) is 77.6 Å². The largest absolute Gasteiger partial charge is 0.375 e. The van der Waals surface area contributed by atoms with Gasteiger partial charge in [0.25, 0.3) is 0 Å². The van der Waals surface area contributed by atoms with E-state index in [1.165, 1.54) is 12.8 Å². The Labute approximate surface area is 180 Å². The van der Waals surface area contributed by atoms with E-state index in [9.17, 15) is 4.79 Å². The summed E-state index contributed by atoms with van der Waals surface area (Å²) in [5, 5.41) is 3.20. The molecule has 1 amide bonds. The second-order valence-electron chi connectivity index (χ2n) is 8.49. The molecular weight excluding hydrogens is 384 g/mol. The van der Waals surface area contributed by atoms with Crippen LogP contribution in [0.15, 0.2) is 5.38 Å². The summed E-state index contributed by atoms with van der Waals surface area (Å²) in [6.07, 6.45) is 5.81. The smallest absolute Gasteiger partial charge is 0.239 e. The zero-order chi connectivity index (χ0) is 20.8. The lowest BCUT2D eigenvalue weighted by Crippen LogP contribution is -2.52. The molecule has 2 saturated heterocycles. The molecule has 0 spiro atoms. The van der Waals surface area contributed by atoms with E-state index >= 15 is 0 Å². The maximum atomic E-state index is 13.2. The minimum Gasteiger partial charge on any atom is -0.375 e. The van der Waals surface area contributed by atoms with Gasteiger partial charge in [-0.1, -0.05) is 6.92 Å². The SMILES string of the molecule is CCC1CCCCN1C(=O)C(C)N1CCCN(Cc2csc(C(C)OC)n2)CC1. The Kier molecular flexibility index (Phi) is 8.47. The molecule has 3 heterocycles. The number of amides is 1. The maximum Gasteiger partial charge on any atom is 0.239 e. The molecule has 0 N–H and O–H groups in total. The van der Waals surface area contributed by atoms with Crippen molar-refractivity contribution in [1.82, 2.24) is 19.7 Å². The third-order valence-electron chi connectivity index (χ3n) is 6.57. The highest BCUT2D eigenvalue weighted by Crippen LogP contribution is 2.23. The van der Waals surface area contributed by atoms with Gasteiger partial charge in [-0.2, -0.15) is 0 Å². The van der Waals surface area contributed by atoms with Crippen LogP contribution in [0, 0.1) is 0 Å². The molecule has 2 aliphatic heterocycles. The normalized spacial score (nSPS) is 24.3. The molecule has 1 aromatic heterocycles. The van der Waals surface area contributed by atoms with Crippen LogP contribution in [0.1, 0.15) is 69.7 Å². The topological polar surface area (TPSA) is 48.9 Å². The zero-order valence-corrected chi connectivity index (χ0v) is 19.4. The number of aromatic nitrogens is 1. The van der Waals surface area contributed by atoms with Crippen molar-refractivity contribution >= 4 is 17.2 Å². The summed E-state index contributed by atoms with van der Waals surface area (Å²) in [6.45, 7) is 12.2. The molecule has 3 atom stereocenters. The van der Waals surface area contributed by atoms with Crippen molar-refractivity contribution in [2.75, 3.05) is 39.8 Å². The quantitative estimate of drug-likeness (QED) is 0.673. The van der Waals surface area contributed by atoms with Gasteiger partial charge in [0.05, 0.1) is 11.7 Å². The second kappa shape index (κ2) is 10.8. The first kappa shape index (κ1) is 22.7. The number of carbonyl (C=O) groups excluding carboxylic acids is 1. The molecule has 1 aromatic rings. The average molecular weight is 423 g/mol. The summed E-state index contributed by atoms with van der Waals surface area (Å²) < 4.78 is 5.38. The number of piperidine rings is 1. The molecular formula is C22H38N4O2S. The van der Waals surface area contributed by atoms with Gasteiger partial charge in [0.15, 0.2) is 0 Å². The summed E-state index contributed by atoms with van der Waals surface area (Å²) in [7, 11) is 1.73. The number of nitrogens with zero attached hydrogens (tertiary/aromatic N) is 4.